The third-order valence-corrected chi connectivity index (χ3v) is 6.68. The van der Waals surface area contributed by atoms with E-state index in [1.807, 2.05) is 0 Å². The van der Waals surface area contributed by atoms with E-state index < -0.39 is 9.84 Å². The van der Waals surface area contributed by atoms with Crippen LogP contribution in [-0.4, -0.2) is 36.8 Å². The van der Waals surface area contributed by atoms with Crippen molar-refractivity contribution in [3.8, 4) is 0 Å². The van der Waals surface area contributed by atoms with Crippen LogP contribution in [0.5, 0.6) is 0 Å². The summed E-state index contributed by atoms with van der Waals surface area (Å²) >= 11 is 1.08. The number of sulfone groups is 1. The van der Waals surface area contributed by atoms with E-state index in [0.717, 1.165) is 30.8 Å². The van der Waals surface area contributed by atoms with Gasteiger partial charge in [0.15, 0.2) is 15.7 Å². The normalized spacial score (nSPS) is 23.1. The number of nitrogen functional groups attached to an aromatic ring is 1. The zero-order valence-electron chi connectivity index (χ0n) is 11.5. The Hall–Kier alpha value is -0.860. The molecule has 1 aromatic rings. The lowest BCUT2D eigenvalue weighted by Gasteiger charge is -2.18. The van der Waals surface area contributed by atoms with Gasteiger partial charge in [-0.1, -0.05) is 13.3 Å². The van der Waals surface area contributed by atoms with Crippen LogP contribution in [0.25, 0.3) is 0 Å². The molecule has 4 N–H and O–H groups in total. The Morgan fingerprint density at radius 2 is 2.15 bits per heavy atom. The van der Waals surface area contributed by atoms with Gasteiger partial charge < -0.3 is 16.2 Å². The van der Waals surface area contributed by atoms with E-state index in [1.165, 1.54) is 0 Å². The highest BCUT2D eigenvalue weighted by molar-refractivity contribution is 7.91. The summed E-state index contributed by atoms with van der Waals surface area (Å²) in [7, 11) is -3.37. The van der Waals surface area contributed by atoms with Crippen molar-refractivity contribution in [2.45, 2.75) is 31.1 Å². The zero-order valence-corrected chi connectivity index (χ0v) is 13.1. The Morgan fingerprint density at radius 3 is 2.80 bits per heavy atom. The fourth-order valence-electron chi connectivity index (χ4n) is 2.70. The molecule has 20 heavy (non-hydrogen) atoms. The monoisotopic (exact) mass is 319 g/mol. The maximum Gasteiger partial charge on any atom is 0.184 e. The van der Waals surface area contributed by atoms with Gasteiger partial charge >= 0.3 is 0 Å². The van der Waals surface area contributed by atoms with Crippen molar-refractivity contribution < 1.29 is 13.5 Å². The molecule has 1 aromatic heterocycles. The van der Waals surface area contributed by atoms with Gasteiger partial charge in [0.25, 0.3) is 0 Å². The fraction of sp³-hybridized carbons (Fsp3) is 0.750. The number of rotatable bonds is 6. The molecule has 2 rings (SSSR count). The first-order valence-corrected chi connectivity index (χ1v) is 9.24. The largest absolute Gasteiger partial charge is 0.396 e. The van der Waals surface area contributed by atoms with Crippen molar-refractivity contribution >= 4 is 32.2 Å². The Balaban J connectivity index is 2.11. The first kappa shape index (κ1) is 15.5. The summed E-state index contributed by atoms with van der Waals surface area (Å²) in [4.78, 5) is 0.128. The lowest BCUT2D eigenvalue weighted by Crippen LogP contribution is -2.21. The summed E-state index contributed by atoms with van der Waals surface area (Å²) in [6.45, 7) is 2.44. The third kappa shape index (κ3) is 3.07. The summed E-state index contributed by atoms with van der Waals surface area (Å²) in [5, 5.41) is 13.0. The average Bonchev–Trinajstić information content (AvgIpc) is 3.02. The number of anilines is 2. The standard InChI is InChI=1S/C12H21N3O3S2/c1-2-20(17,18)10-11(13)15-19-12(10)14-6-8-4-3-5-9(8)7-16/h8-9,14,16H,2-7H2,1H3,(H2,13,15). The second-order valence-corrected chi connectivity index (χ2v) is 8.13. The minimum absolute atomic E-state index is 0.00693. The molecule has 8 heteroatoms. The number of nitrogens with two attached hydrogens (primary N) is 1. The van der Waals surface area contributed by atoms with Crippen LogP contribution in [0.2, 0.25) is 0 Å². The highest BCUT2D eigenvalue weighted by atomic mass is 32.2. The van der Waals surface area contributed by atoms with Gasteiger partial charge in [-0.3, -0.25) is 0 Å². The van der Waals surface area contributed by atoms with Crippen molar-refractivity contribution in [3.63, 3.8) is 0 Å². The molecule has 1 heterocycles. The summed E-state index contributed by atoms with van der Waals surface area (Å²) in [6.07, 6.45) is 3.21. The van der Waals surface area contributed by atoms with Gasteiger partial charge in [0, 0.05) is 13.2 Å². The molecule has 2 atom stereocenters. The molecule has 1 fully saturated rings. The van der Waals surface area contributed by atoms with Gasteiger partial charge in [-0.2, -0.15) is 4.37 Å². The number of aliphatic hydroxyl groups excluding tert-OH is 1. The van der Waals surface area contributed by atoms with Crippen LogP contribution in [0, 0.1) is 11.8 Å². The van der Waals surface area contributed by atoms with Gasteiger partial charge in [0.1, 0.15) is 9.90 Å². The molecule has 0 aromatic carbocycles. The van der Waals surface area contributed by atoms with Crippen LogP contribution in [-0.2, 0) is 9.84 Å². The Kier molecular flexibility index (Phi) is 4.87. The number of nitrogens with zero attached hydrogens (tertiary/aromatic N) is 1. The molecular weight excluding hydrogens is 298 g/mol. The number of aromatic nitrogens is 1. The third-order valence-electron chi connectivity index (χ3n) is 3.94. The highest BCUT2D eigenvalue weighted by Crippen LogP contribution is 2.35. The second-order valence-electron chi connectivity index (χ2n) is 5.14. The lowest BCUT2D eigenvalue weighted by molar-refractivity contribution is 0.199. The molecule has 0 amide bonds. The van der Waals surface area contributed by atoms with Crippen molar-refractivity contribution in [1.29, 1.82) is 0 Å². The topological polar surface area (TPSA) is 105 Å². The summed E-state index contributed by atoms with van der Waals surface area (Å²) < 4.78 is 28.0. The van der Waals surface area contributed by atoms with Crippen LogP contribution < -0.4 is 11.1 Å². The molecule has 0 bridgehead atoms. The smallest absolute Gasteiger partial charge is 0.184 e. The maximum absolute atomic E-state index is 12.0. The molecular formula is C12H21N3O3S2. The van der Waals surface area contributed by atoms with E-state index in [1.54, 1.807) is 6.92 Å². The SMILES string of the molecule is CCS(=O)(=O)c1c(N)nsc1NCC1CCCC1CO. The van der Waals surface area contributed by atoms with Crippen molar-refractivity contribution in [2.24, 2.45) is 11.8 Å². The van der Waals surface area contributed by atoms with Crippen LogP contribution in [0.3, 0.4) is 0 Å². The molecule has 6 nitrogen and oxygen atoms in total. The summed E-state index contributed by atoms with van der Waals surface area (Å²) in [5.74, 6) is 0.761. The Morgan fingerprint density at radius 1 is 1.45 bits per heavy atom. The molecule has 0 saturated heterocycles. The van der Waals surface area contributed by atoms with Gasteiger partial charge in [-0.05, 0) is 36.2 Å². The molecule has 0 radical (unpaired) electrons. The minimum atomic E-state index is -3.37. The molecule has 0 aliphatic heterocycles. The Labute approximate surface area is 123 Å². The molecule has 1 aliphatic carbocycles. The van der Waals surface area contributed by atoms with Crippen LogP contribution in [0.1, 0.15) is 26.2 Å². The Bertz CT molecular complexity index is 556. The molecule has 1 aliphatic rings. The van der Waals surface area contributed by atoms with Gasteiger partial charge in [-0.25, -0.2) is 8.42 Å². The molecule has 2 unspecified atom stereocenters. The van der Waals surface area contributed by atoms with Gasteiger partial charge in [0.2, 0.25) is 0 Å². The van der Waals surface area contributed by atoms with Crippen molar-refractivity contribution in [1.82, 2.24) is 4.37 Å². The second kappa shape index (κ2) is 6.28. The van der Waals surface area contributed by atoms with E-state index in [9.17, 15) is 13.5 Å². The number of aliphatic hydroxyl groups is 1. The average molecular weight is 319 g/mol. The van der Waals surface area contributed by atoms with Crippen molar-refractivity contribution in [2.75, 3.05) is 30.0 Å². The van der Waals surface area contributed by atoms with Crippen LogP contribution >= 0.6 is 11.5 Å². The van der Waals surface area contributed by atoms with Crippen molar-refractivity contribution in [3.05, 3.63) is 0 Å². The predicted molar refractivity (Wildman–Crippen MR) is 80.7 cm³/mol. The van der Waals surface area contributed by atoms with E-state index in [4.69, 9.17) is 5.73 Å². The minimum Gasteiger partial charge on any atom is -0.396 e. The van der Waals surface area contributed by atoms with E-state index in [0.29, 0.717) is 23.4 Å². The molecule has 114 valence electrons. The highest BCUT2D eigenvalue weighted by Gasteiger charge is 2.28. The van der Waals surface area contributed by atoms with Gasteiger partial charge in [-0.15, -0.1) is 0 Å². The first-order valence-electron chi connectivity index (χ1n) is 6.82. The van der Waals surface area contributed by atoms with Crippen LogP contribution in [0.4, 0.5) is 10.8 Å². The predicted octanol–water partition coefficient (Wildman–Crippen LogP) is 1.34. The summed E-state index contributed by atoms with van der Waals surface area (Å²) in [6, 6.07) is 0. The fourth-order valence-corrected chi connectivity index (χ4v) is 4.87. The quantitative estimate of drug-likeness (QED) is 0.731. The van der Waals surface area contributed by atoms with E-state index in [-0.39, 0.29) is 23.1 Å². The molecule has 1 saturated carbocycles. The number of hydrogen-bond donors (Lipinski definition) is 3. The summed E-state index contributed by atoms with van der Waals surface area (Å²) in [5.41, 5.74) is 5.68. The number of nitrogens with one attached hydrogen (secondary N) is 1. The number of hydrogen-bond acceptors (Lipinski definition) is 7. The zero-order chi connectivity index (χ0) is 14.8. The van der Waals surface area contributed by atoms with E-state index in [2.05, 4.69) is 9.69 Å². The first-order chi connectivity index (χ1) is 9.49. The van der Waals surface area contributed by atoms with Gasteiger partial charge in [0.05, 0.1) is 5.75 Å². The van der Waals surface area contributed by atoms with Crippen LogP contribution in [0.15, 0.2) is 4.90 Å². The molecule has 0 spiro atoms. The van der Waals surface area contributed by atoms with E-state index >= 15 is 0 Å². The lowest BCUT2D eigenvalue weighted by atomic mass is 9.97. The maximum atomic E-state index is 12.0.